The van der Waals surface area contributed by atoms with Gasteiger partial charge in [-0.1, -0.05) is 90.1 Å². The van der Waals surface area contributed by atoms with E-state index in [1.807, 2.05) is 24.3 Å². The van der Waals surface area contributed by atoms with Crippen molar-refractivity contribution in [1.82, 2.24) is 5.32 Å². The molecule has 66 heavy (non-hydrogen) atoms. The van der Waals surface area contributed by atoms with Crippen LogP contribution in [0.25, 0.3) is 21.5 Å². The average Bonchev–Trinajstić information content (AvgIpc) is 3.96. The van der Waals surface area contributed by atoms with E-state index < -0.39 is 5.97 Å². The molecule has 0 heterocycles. The molecule has 4 aliphatic rings. The molecule has 0 saturated heterocycles. The number of esters is 1. The topological polar surface area (TPSA) is 137 Å². The fourth-order valence-electron chi connectivity index (χ4n) is 11.1. The number of rotatable bonds is 10. The van der Waals surface area contributed by atoms with Crippen molar-refractivity contribution < 1.29 is 33.7 Å². The van der Waals surface area contributed by atoms with E-state index in [4.69, 9.17) is 15.2 Å². The van der Waals surface area contributed by atoms with Crippen LogP contribution in [0.1, 0.15) is 158 Å². The quantitative estimate of drug-likeness (QED) is 0.105. The summed E-state index contributed by atoms with van der Waals surface area (Å²) in [4.78, 5) is 33.9. The molecule has 4 aliphatic carbocycles. The number of nitrogens with one attached hydrogen (secondary N) is 1. The number of methoxy groups -OCH3 is 1. The summed E-state index contributed by atoms with van der Waals surface area (Å²) in [6, 6.07) is 21.3. The van der Waals surface area contributed by atoms with E-state index >= 15 is 0 Å². The van der Waals surface area contributed by atoms with Gasteiger partial charge in [0.05, 0.1) is 36.7 Å². The lowest BCUT2D eigenvalue weighted by atomic mass is 9.72. The molecule has 4 saturated carbocycles. The highest BCUT2D eigenvalue weighted by atomic mass is 16.5. The third-order valence-electron chi connectivity index (χ3n) is 15.4. The number of carboxylic acid groups (broad SMARTS) is 1. The molecule has 4 aromatic carbocycles. The summed E-state index contributed by atoms with van der Waals surface area (Å²) in [7, 11) is 1.42. The second-order valence-corrected chi connectivity index (χ2v) is 22.1. The Labute approximate surface area is 395 Å². The maximum absolute atomic E-state index is 11.7. The summed E-state index contributed by atoms with van der Waals surface area (Å²) in [6.45, 7) is 19.0. The Bertz CT molecular complexity index is 2260. The Balaban J connectivity index is 0.000000185. The first-order valence-electron chi connectivity index (χ1n) is 25.0. The number of carbonyl (C=O) groups excluding carboxylic acids is 2. The Morgan fingerprint density at radius 2 is 1.15 bits per heavy atom. The number of carboxylic acids is 1. The van der Waals surface area contributed by atoms with E-state index in [1.54, 1.807) is 0 Å². The maximum Gasteiger partial charge on any atom is 0.308 e. The minimum Gasteiger partial charge on any atom is -0.490 e. The second-order valence-electron chi connectivity index (χ2n) is 22.1. The van der Waals surface area contributed by atoms with Crippen LogP contribution >= 0.6 is 0 Å². The Kier molecular flexibility index (Phi) is 17.4. The fourth-order valence-corrected chi connectivity index (χ4v) is 11.1. The van der Waals surface area contributed by atoms with Gasteiger partial charge >= 0.3 is 11.9 Å². The number of ether oxygens (including phenoxy) is 3. The van der Waals surface area contributed by atoms with E-state index in [2.05, 4.69) is 102 Å². The summed E-state index contributed by atoms with van der Waals surface area (Å²) >= 11 is 0. The van der Waals surface area contributed by atoms with Crippen molar-refractivity contribution in [2.24, 2.45) is 40.2 Å². The summed E-state index contributed by atoms with van der Waals surface area (Å²) < 4.78 is 17.6. The number of nitrogens with two attached hydrogens (primary N) is 1. The predicted molar refractivity (Wildman–Crippen MR) is 267 cm³/mol. The number of hydrogen-bond acceptors (Lipinski definition) is 8. The van der Waals surface area contributed by atoms with Gasteiger partial charge in [-0.25, -0.2) is 0 Å². The van der Waals surface area contributed by atoms with Gasteiger partial charge in [-0.15, -0.1) is 0 Å². The molecule has 8 rings (SSSR count). The monoisotopic (exact) mass is 905 g/mol. The van der Waals surface area contributed by atoms with Gasteiger partial charge in [0.1, 0.15) is 11.5 Å². The number of aryl methyl sites for hydroxylation is 2. The summed E-state index contributed by atoms with van der Waals surface area (Å²) in [5, 5.41) is 17.6. The van der Waals surface area contributed by atoms with Gasteiger partial charge in [0.25, 0.3) is 0 Å². The van der Waals surface area contributed by atoms with Gasteiger partial charge < -0.3 is 30.4 Å². The van der Waals surface area contributed by atoms with E-state index in [-0.39, 0.29) is 42.1 Å². The van der Waals surface area contributed by atoms with Crippen molar-refractivity contribution in [2.45, 2.75) is 176 Å². The largest absolute Gasteiger partial charge is 0.490 e. The zero-order valence-electron chi connectivity index (χ0n) is 41.6. The molecule has 4 fully saturated rings. The van der Waals surface area contributed by atoms with Crippen molar-refractivity contribution in [3.8, 4) is 11.5 Å². The minimum absolute atomic E-state index is 0.0694. The number of benzene rings is 4. The molecule has 0 radical (unpaired) electrons. The summed E-state index contributed by atoms with van der Waals surface area (Å²) in [5.74, 6) is 2.38. The van der Waals surface area contributed by atoms with Crippen LogP contribution in [0.2, 0.25) is 0 Å². The third-order valence-corrected chi connectivity index (χ3v) is 15.4. The van der Waals surface area contributed by atoms with Crippen molar-refractivity contribution in [3.63, 3.8) is 0 Å². The zero-order valence-corrected chi connectivity index (χ0v) is 41.6. The Morgan fingerprint density at radius 3 is 1.62 bits per heavy atom. The zero-order chi connectivity index (χ0) is 47.8. The van der Waals surface area contributed by atoms with Gasteiger partial charge in [-0.3, -0.25) is 14.4 Å². The molecule has 4 N–H and O–H groups in total. The van der Waals surface area contributed by atoms with Gasteiger partial charge in [-0.05, 0) is 171 Å². The second kappa shape index (κ2) is 22.6. The van der Waals surface area contributed by atoms with E-state index in [1.165, 1.54) is 54.7 Å². The molecule has 0 spiro atoms. The van der Waals surface area contributed by atoms with Gasteiger partial charge in [0.15, 0.2) is 6.29 Å². The maximum atomic E-state index is 11.7. The Morgan fingerprint density at radius 1 is 0.667 bits per heavy atom. The predicted octanol–water partition coefficient (Wildman–Crippen LogP) is 12.7. The van der Waals surface area contributed by atoms with E-state index in [0.29, 0.717) is 29.4 Å². The average molecular weight is 905 g/mol. The molecule has 0 aliphatic heterocycles. The number of carbonyl (C=O) groups is 3. The molecular weight excluding hydrogens is 825 g/mol. The lowest BCUT2D eigenvalue weighted by molar-refractivity contribution is -0.145. The van der Waals surface area contributed by atoms with E-state index in [0.717, 1.165) is 104 Å². The molecule has 4 unspecified atom stereocenters. The lowest BCUT2D eigenvalue weighted by Gasteiger charge is -2.37. The van der Waals surface area contributed by atoms with Crippen LogP contribution in [-0.4, -0.2) is 54.7 Å². The highest BCUT2D eigenvalue weighted by Crippen LogP contribution is 2.42. The molecule has 4 atom stereocenters. The molecule has 0 bridgehead atoms. The normalized spacial score (nSPS) is 25.5. The Hall–Kier alpha value is -4.47. The molecule has 360 valence electrons. The first-order chi connectivity index (χ1) is 31.4. The lowest BCUT2D eigenvalue weighted by Crippen LogP contribution is -2.31. The first kappa shape index (κ1) is 50.9. The summed E-state index contributed by atoms with van der Waals surface area (Å²) in [6.07, 6.45) is 15.7. The molecule has 9 heteroatoms. The molecule has 0 aromatic heterocycles. The highest BCUT2D eigenvalue weighted by molar-refractivity contribution is 6.02. The minimum atomic E-state index is -0.662. The van der Waals surface area contributed by atoms with Crippen LogP contribution < -0.4 is 20.5 Å². The molecule has 4 aromatic rings. The van der Waals surface area contributed by atoms with Gasteiger partial charge in [0.2, 0.25) is 0 Å². The molecular formula is C57H80N2O7. The standard InChI is InChI=1S/C28H39NO3.C22H28O2.C7H13NO2/c1-18-15-26(32-22-13-10-20(11-14-22)28(2,3)4)25(24-8-6-5-7-23(18)24)17-29-21-12-9-19(16-21)27(30)31;1-15-13-21(20(14-23)19-8-6-5-7-18(15)19)24-17-11-9-16(10-12-17)22(2,3)4;1-10-7(9)5-2-3-6(8)4-5/h5-8,15,19-22,29H,9-14,16-17H2,1-4H3,(H,30,31);5-8,13-14,16-17H,9-12H2,1-4H3;5-6H,2-4,8H2,1H3. The van der Waals surface area contributed by atoms with Crippen LogP contribution in [-0.2, 0) is 20.9 Å². The van der Waals surface area contributed by atoms with Crippen molar-refractivity contribution in [2.75, 3.05) is 7.11 Å². The highest BCUT2D eigenvalue weighted by Gasteiger charge is 2.34. The van der Waals surface area contributed by atoms with Crippen molar-refractivity contribution >= 4 is 39.8 Å². The van der Waals surface area contributed by atoms with Crippen LogP contribution in [0, 0.1) is 48.3 Å². The van der Waals surface area contributed by atoms with Crippen molar-refractivity contribution in [3.05, 3.63) is 82.9 Å². The van der Waals surface area contributed by atoms with Gasteiger partial charge in [0, 0.05) is 24.2 Å². The van der Waals surface area contributed by atoms with Crippen LogP contribution in [0.5, 0.6) is 11.5 Å². The van der Waals surface area contributed by atoms with Gasteiger partial charge in [-0.2, -0.15) is 0 Å². The number of aldehydes is 1. The number of hydrogen-bond donors (Lipinski definition) is 3. The van der Waals surface area contributed by atoms with Crippen LogP contribution in [0.15, 0.2) is 60.7 Å². The van der Waals surface area contributed by atoms with E-state index in [9.17, 15) is 19.5 Å². The van der Waals surface area contributed by atoms with Crippen LogP contribution in [0.3, 0.4) is 0 Å². The smallest absolute Gasteiger partial charge is 0.308 e. The molecule has 0 amide bonds. The van der Waals surface area contributed by atoms with Crippen LogP contribution in [0.4, 0.5) is 0 Å². The number of aliphatic carboxylic acids is 1. The fraction of sp³-hybridized carbons (Fsp3) is 0.596. The SMILES string of the molecule is COC(=O)C1CCC(N)C1.Cc1cc(OC2CCC(C(C)(C)C)CC2)c(C=O)c2ccccc12.Cc1cc(OC2CCC(C(C)(C)C)CC2)c(CNC2CCC(C(=O)O)C2)c2ccccc12. The third kappa shape index (κ3) is 13.2. The summed E-state index contributed by atoms with van der Waals surface area (Å²) in [5.41, 5.74) is 10.7. The van der Waals surface area contributed by atoms with Crippen molar-refractivity contribution in [1.29, 1.82) is 0 Å². The first-order valence-corrected chi connectivity index (χ1v) is 25.0. The molecule has 9 nitrogen and oxygen atoms in total. The number of fused-ring (bicyclic) bond motifs is 2.